The fraction of sp³-hybridized carbons (Fsp3) is 0.400. The molecular formula is C25H31N3O6. The van der Waals surface area contributed by atoms with Crippen LogP contribution in [0.1, 0.15) is 23.5 Å². The van der Waals surface area contributed by atoms with Crippen LogP contribution in [0.3, 0.4) is 0 Å². The van der Waals surface area contributed by atoms with Gasteiger partial charge < -0.3 is 30.1 Å². The van der Waals surface area contributed by atoms with Gasteiger partial charge in [0.15, 0.2) is 6.10 Å². The zero-order chi connectivity index (χ0) is 24.7. The number of amides is 2. The first-order chi connectivity index (χ1) is 16.3. The molecule has 1 aliphatic rings. The Kier molecular flexibility index (Phi) is 8.61. The lowest BCUT2D eigenvalue weighted by atomic mass is 9.98. The Morgan fingerprint density at radius 3 is 2.15 bits per heavy atom. The minimum atomic E-state index is -1.18. The predicted octanol–water partition coefficient (Wildman–Crippen LogP) is 2.06. The molecule has 0 bridgehead atoms. The minimum absolute atomic E-state index is 0.0924. The Bertz CT molecular complexity index is 980. The Morgan fingerprint density at radius 2 is 1.62 bits per heavy atom. The van der Waals surface area contributed by atoms with Crippen LogP contribution in [0.5, 0.6) is 0 Å². The number of methoxy groups -OCH3 is 1. The lowest BCUT2D eigenvalue weighted by molar-refractivity contribution is -0.148. The van der Waals surface area contributed by atoms with Crippen molar-refractivity contribution in [3.8, 4) is 11.1 Å². The minimum Gasteiger partial charge on any atom is -0.479 e. The van der Waals surface area contributed by atoms with Crippen LogP contribution < -0.4 is 10.6 Å². The Labute approximate surface area is 199 Å². The average Bonchev–Trinajstić information content (AvgIpc) is 3.14. The summed E-state index contributed by atoms with van der Waals surface area (Å²) in [5.41, 5.74) is 4.44. The van der Waals surface area contributed by atoms with Crippen LogP contribution in [0.2, 0.25) is 0 Å². The normalized spacial score (nSPS) is 14.1. The first-order valence-electron chi connectivity index (χ1n) is 11.1. The van der Waals surface area contributed by atoms with E-state index >= 15 is 0 Å². The van der Waals surface area contributed by atoms with Gasteiger partial charge >= 0.3 is 12.1 Å². The number of benzene rings is 2. The Balaban J connectivity index is 1.63. The van der Waals surface area contributed by atoms with Crippen molar-refractivity contribution in [3.05, 3.63) is 59.7 Å². The van der Waals surface area contributed by atoms with Gasteiger partial charge in [-0.3, -0.25) is 4.79 Å². The van der Waals surface area contributed by atoms with Gasteiger partial charge in [0.05, 0.1) is 6.54 Å². The second kappa shape index (κ2) is 11.6. The highest BCUT2D eigenvalue weighted by molar-refractivity contribution is 5.86. The highest BCUT2D eigenvalue weighted by Gasteiger charge is 2.30. The van der Waals surface area contributed by atoms with Gasteiger partial charge in [-0.15, -0.1) is 0 Å². The highest BCUT2D eigenvalue weighted by atomic mass is 16.5. The van der Waals surface area contributed by atoms with E-state index < -0.39 is 30.1 Å². The third-order valence-corrected chi connectivity index (χ3v) is 5.84. The summed E-state index contributed by atoms with van der Waals surface area (Å²) in [6, 6.07) is 15.2. The number of ether oxygens (including phenoxy) is 2. The highest BCUT2D eigenvalue weighted by Crippen LogP contribution is 2.44. The SMILES string of the molecule is COC(CNC(=O)C(CCN(C)C)NC(=O)OCC1c2ccccc2-c2ccccc21)C(=O)O. The lowest BCUT2D eigenvalue weighted by Crippen LogP contribution is -2.50. The van der Waals surface area contributed by atoms with Gasteiger partial charge in [-0.25, -0.2) is 9.59 Å². The van der Waals surface area contributed by atoms with Gasteiger partial charge in [0, 0.05) is 13.0 Å². The number of alkyl carbamates (subject to hydrolysis) is 1. The molecule has 2 unspecified atom stereocenters. The Hall–Kier alpha value is -3.43. The van der Waals surface area contributed by atoms with E-state index in [1.165, 1.54) is 7.11 Å². The summed E-state index contributed by atoms with van der Waals surface area (Å²) in [5.74, 6) is -1.78. The first kappa shape index (κ1) is 25.2. The fourth-order valence-electron chi connectivity index (χ4n) is 4.03. The number of carboxylic acid groups (broad SMARTS) is 1. The van der Waals surface area contributed by atoms with E-state index in [0.717, 1.165) is 22.3 Å². The van der Waals surface area contributed by atoms with Crippen molar-refractivity contribution in [2.75, 3.05) is 40.9 Å². The molecule has 0 aromatic heterocycles. The maximum absolute atomic E-state index is 12.7. The molecule has 0 spiro atoms. The van der Waals surface area contributed by atoms with E-state index in [1.54, 1.807) is 0 Å². The molecule has 3 rings (SSSR count). The van der Waals surface area contributed by atoms with Crippen LogP contribution in [0, 0.1) is 0 Å². The van der Waals surface area contributed by atoms with Crippen LogP contribution in [0.4, 0.5) is 4.79 Å². The van der Waals surface area contributed by atoms with E-state index in [2.05, 4.69) is 22.8 Å². The van der Waals surface area contributed by atoms with Crippen molar-refractivity contribution in [1.29, 1.82) is 0 Å². The van der Waals surface area contributed by atoms with Crippen molar-refractivity contribution in [2.24, 2.45) is 0 Å². The zero-order valence-electron chi connectivity index (χ0n) is 19.6. The summed E-state index contributed by atoms with van der Waals surface area (Å²) in [4.78, 5) is 38.3. The van der Waals surface area contributed by atoms with Crippen LogP contribution in [0.15, 0.2) is 48.5 Å². The van der Waals surface area contributed by atoms with Crippen molar-refractivity contribution in [2.45, 2.75) is 24.5 Å². The molecule has 2 atom stereocenters. The van der Waals surface area contributed by atoms with Gasteiger partial charge in [-0.2, -0.15) is 0 Å². The van der Waals surface area contributed by atoms with Crippen molar-refractivity contribution >= 4 is 18.0 Å². The molecule has 0 saturated carbocycles. The second-order valence-electron chi connectivity index (χ2n) is 8.42. The summed E-state index contributed by atoms with van der Waals surface area (Å²) in [5, 5.41) is 14.2. The standard InChI is InChI=1S/C25H31N3O6/c1-28(2)13-12-21(23(29)26-14-22(33-3)24(30)31)27-25(32)34-15-20-18-10-6-4-8-16(18)17-9-5-7-11-19(17)20/h4-11,20-22H,12-15H2,1-3H3,(H,26,29)(H,27,32)(H,30,31). The van der Waals surface area contributed by atoms with E-state index in [-0.39, 0.29) is 19.1 Å². The van der Waals surface area contributed by atoms with Gasteiger partial charge in [0.2, 0.25) is 5.91 Å². The predicted molar refractivity (Wildman–Crippen MR) is 127 cm³/mol. The molecule has 34 heavy (non-hydrogen) atoms. The number of carbonyl (C=O) groups is 3. The van der Waals surface area contributed by atoms with E-state index in [9.17, 15) is 14.4 Å². The van der Waals surface area contributed by atoms with Crippen molar-refractivity contribution < 1.29 is 29.0 Å². The molecule has 0 saturated heterocycles. The third kappa shape index (κ3) is 6.12. The molecular weight excluding hydrogens is 438 g/mol. The number of fused-ring (bicyclic) bond motifs is 3. The second-order valence-corrected chi connectivity index (χ2v) is 8.42. The molecule has 0 radical (unpaired) electrons. The van der Waals surface area contributed by atoms with Crippen molar-refractivity contribution in [3.63, 3.8) is 0 Å². The topological polar surface area (TPSA) is 117 Å². The van der Waals surface area contributed by atoms with E-state index in [0.29, 0.717) is 13.0 Å². The summed E-state index contributed by atoms with van der Waals surface area (Å²) < 4.78 is 10.4. The Morgan fingerprint density at radius 1 is 1.03 bits per heavy atom. The molecule has 9 heteroatoms. The molecule has 2 amide bonds. The molecule has 0 aliphatic heterocycles. The molecule has 9 nitrogen and oxygen atoms in total. The summed E-state index contributed by atoms with van der Waals surface area (Å²) in [6.45, 7) is 0.455. The molecule has 182 valence electrons. The summed E-state index contributed by atoms with van der Waals surface area (Å²) in [6.07, 6.45) is -1.55. The maximum Gasteiger partial charge on any atom is 0.407 e. The first-order valence-corrected chi connectivity index (χ1v) is 11.1. The number of rotatable bonds is 11. The average molecular weight is 470 g/mol. The maximum atomic E-state index is 12.7. The third-order valence-electron chi connectivity index (χ3n) is 5.84. The monoisotopic (exact) mass is 469 g/mol. The molecule has 0 heterocycles. The van der Waals surface area contributed by atoms with E-state index in [1.807, 2.05) is 55.4 Å². The van der Waals surface area contributed by atoms with Gasteiger partial charge in [-0.05, 0) is 49.3 Å². The number of hydrogen-bond acceptors (Lipinski definition) is 6. The fourth-order valence-corrected chi connectivity index (χ4v) is 4.03. The van der Waals surface area contributed by atoms with Crippen LogP contribution >= 0.6 is 0 Å². The van der Waals surface area contributed by atoms with E-state index in [4.69, 9.17) is 14.6 Å². The number of nitrogens with zero attached hydrogens (tertiary/aromatic N) is 1. The number of nitrogens with one attached hydrogen (secondary N) is 2. The number of hydrogen-bond donors (Lipinski definition) is 3. The number of carbonyl (C=O) groups excluding carboxylic acids is 2. The molecule has 0 fully saturated rings. The van der Waals surface area contributed by atoms with Gasteiger partial charge in [0.25, 0.3) is 0 Å². The number of aliphatic carboxylic acids is 1. The zero-order valence-corrected chi connectivity index (χ0v) is 19.6. The smallest absolute Gasteiger partial charge is 0.407 e. The molecule has 2 aromatic rings. The van der Waals surface area contributed by atoms with Gasteiger partial charge in [0.1, 0.15) is 12.6 Å². The molecule has 1 aliphatic carbocycles. The molecule has 2 aromatic carbocycles. The largest absolute Gasteiger partial charge is 0.479 e. The summed E-state index contributed by atoms with van der Waals surface area (Å²) >= 11 is 0. The van der Waals surface area contributed by atoms with Crippen LogP contribution in [0.25, 0.3) is 11.1 Å². The van der Waals surface area contributed by atoms with Crippen LogP contribution in [-0.2, 0) is 19.1 Å². The number of carboxylic acids is 1. The van der Waals surface area contributed by atoms with Crippen LogP contribution in [-0.4, -0.2) is 81.0 Å². The lowest BCUT2D eigenvalue weighted by Gasteiger charge is -2.22. The quantitative estimate of drug-likeness (QED) is 0.461. The van der Waals surface area contributed by atoms with Crippen molar-refractivity contribution in [1.82, 2.24) is 15.5 Å². The summed E-state index contributed by atoms with van der Waals surface area (Å²) in [7, 11) is 4.96. The molecule has 3 N–H and O–H groups in total. The van der Waals surface area contributed by atoms with Gasteiger partial charge in [-0.1, -0.05) is 48.5 Å².